The summed E-state index contributed by atoms with van der Waals surface area (Å²) in [6.45, 7) is 0. The van der Waals surface area contributed by atoms with E-state index in [1.54, 1.807) is 27.4 Å². The van der Waals surface area contributed by atoms with Gasteiger partial charge in [0.1, 0.15) is 17.2 Å². The van der Waals surface area contributed by atoms with Crippen LogP contribution in [-0.2, 0) is 0 Å². The lowest BCUT2D eigenvalue weighted by molar-refractivity contribution is 0.377. The van der Waals surface area contributed by atoms with E-state index >= 15 is 0 Å². The number of nitrogens with zero attached hydrogens (tertiary/aromatic N) is 1. The molecular weight excluding hydrogens is 412 g/mol. The number of methoxy groups -OCH3 is 3. The van der Waals surface area contributed by atoms with Crippen LogP contribution >= 0.6 is 12.6 Å². The molecule has 4 rings (SSSR count). The quantitative estimate of drug-likeness (QED) is 0.397. The Morgan fingerprint density at radius 2 is 1.39 bits per heavy atom. The second-order valence-electron chi connectivity index (χ2n) is 6.41. The molecule has 0 aliphatic heterocycles. The van der Waals surface area contributed by atoms with Gasteiger partial charge in [0.25, 0.3) is 0 Å². The Labute approximate surface area is 187 Å². The zero-order valence-corrected chi connectivity index (χ0v) is 18.4. The van der Waals surface area contributed by atoms with Crippen LogP contribution in [0.25, 0.3) is 22.5 Å². The van der Waals surface area contributed by atoms with Crippen molar-refractivity contribution in [3.8, 4) is 39.7 Å². The summed E-state index contributed by atoms with van der Waals surface area (Å²) in [5.41, 5.74) is 8.65. The Morgan fingerprint density at radius 3 is 1.94 bits per heavy atom. The minimum absolute atomic E-state index is 0.354. The van der Waals surface area contributed by atoms with Gasteiger partial charge in [-0.3, -0.25) is 0 Å². The van der Waals surface area contributed by atoms with Gasteiger partial charge in [-0.1, -0.05) is 47.6 Å². The van der Waals surface area contributed by atoms with Crippen LogP contribution < -0.4 is 19.9 Å². The standard InChI is InChI=1S/C16H14N2O2.C8H10O2S/c1-19-14-8-7-12(11-5-3-2-4-6-11)9-13(14)15-10-16(17)18-20-15;1-9-6-4-3-5-7(10-2)8(6)11/h2-10H,1H3,(H2,17,18);3-5,11H,1-2H3. The smallest absolute Gasteiger partial charge is 0.172 e. The lowest BCUT2D eigenvalue weighted by Crippen LogP contribution is -1.88. The monoisotopic (exact) mass is 436 g/mol. The zero-order valence-electron chi connectivity index (χ0n) is 17.5. The molecule has 0 bridgehead atoms. The Hall–Kier alpha value is -3.58. The SMILES string of the molecule is COc1ccc(-c2ccccc2)cc1-c1cc(N)no1.COc1cccc(OC)c1S. The Balaban J connectivity index is 0.000000210. The van der Waals surface area contributed by atoms with Crippen molar-refractivity contribution in [2.24, 2.45) is 0 Å². The average molecular weight is 437 g/mol. The number of rotatable bonds is 5. The number of nitrogen functional groups attached to an aromatic ring is 1. The molecule has 6 nitrogen and oxygen atoms in total. The summed E-state index contributed by atoms with van der Waals surface area (Å²) in [6, 6.07) is 23.3. The third-order valence-electron chi connectivity index (χ3n) is 4.50. The van der Waals surface area contributed by atoms with Gasteiger partial charge in [-0.25, -0.2) is 0 Å². The fourth-order valence-electron chi connectivity index (χ4n) is 2.96. The van der Waals surface area contributed by atoms with E-state index in [2.05, 4.69) is 29.9 Å². The fourth-order valence-corrected chi connectivity index (χ4v) is 3.29. The van der Waals surface area contributed by atoms with Crippen LogP contribution in [0.5, 0.6) is 17.2 Å². The molecule has 1 heterocycles. The second kappa shape index (κ2) is 10.4. The number of thiol groups is 1. The van der Waals surface area contributed by atoms with Crippen LogP contribution in [0.2, 0.25) is 0 Å². The molecule has 3 aromatic carbocycles. The van der Waals surface area contributed by atoms with Crippen molar-refractivity contribution in [1.82, 2.24) is 5.16 Å². The summed E-state index contributed by atoms with van der Waals surface area (Å²) in [7, 11) is 4.84. The summed E-state index contributed by atoms with van der Waals surface area (Å²) < 4.78 is 20.7. The maximum atomic E-state index is 5.61. The summed E-state index contributed by atoms with van der Waals surface area (Å²) in [5, 5.41) is 3.72. The summed E-state index contributed by atoms with van der Waals surface area (Å²) >= 11 is 4.22. The van der Waals surface area contributed by atoms with Crippen LogP contribution in [0, 0.1) is 0 Å². The van der Waals surface area contributed by atoms with E-state index in [-0.39, 0.29) is 0 Å². The van der Waals surface area contributed by atoms with Crippen molar-refractivity contribution >= 4 is 18.4 Å². The zero-order chi connectivity index (χ0) is 22.2. The van der Waals surface area contributed by atoms with Gasteiger partial charge in [0, 0.05) is 6.07 Å². The minimum Gasteiger partial charge on any atom is -0.496 e. The van der Waals surface area contributed by atoms with Crippen molar-refractivity contribution in [2.75, 3.05) is 27.1 Å². The first-order chi connectivity index (χ1) is 15.1. The predicted molar refractivity (Wildman–Crippen MR) is 125 cm³/mol. The molecule has 0 saturated carbocycles. The molecule has 7 heteroatoms. The molecule has 31 heavy (non-hydrogen) atoms. The first kappa shape index (κ1) is 22.1. The molecule has 0 aliphatic rings. The normalized spacial score (nSPS) is 10.1. The number of anilines is 1. The summed E-state index contributed by atoms with van der Waals surface area (Å²) in [4.78, 5) is 0.734. The third kappa shape index (κ3) is 5.32. The minimum atomic E-state index is 0.354. The van der Waals surface area contributed by atoms with E-state index in [1.165, 1.54) is 0 Å². The van der Waals surface area contributed by atoms with Gasteiger partial charge in [-0.15, -0.1) is 12.6 Å². The molecule has 0 atom stereocenters. The first-order valence-electron chi connectivity index (χ1n) is 9.43. The Bertz CT molecular complexity index is 1110. The fraction of sp³-hybridized carbons (Fsp3) is 0.125. The molecule has 0 amide bonds. The predicted octanol–water partition coefficient (Wildman–Crippen LogP) is 5.59. The van der Waals surface area contributed by atoms with Gasteiger partial charge in [0.05, 0.1) is 31.8 Å². The molecule has 160 valence electrons. The molecule has 1 aromatic heterocycles. The van der Waals surface area contributed by atoms with Crippen molar-refractivity contribution in [3.05, 3.63) is 72.8 Å². The molecule has 0 radical (unpaired) electrons. The molecule has 0 saturated heterocycles. The highest BCUT2D eigenvalue weighted by atomic mass is 32.1. The topological polar surface area (TPSA) is 79.7 Å². The second-order valence-corrected chi connectivity index (χ2v) is 6.86. The van der Waals surface area contributed by atoms with Crippen LogP contribution in [0.4, 0.5) is 5.82 Å². The van der Waals surface area contributed by atoms with Gasteiger partial charge >= 0.3 is 0 Å². The Kier molecular flexibility index (Phi) is 7.45. The van der Waals surface area contributed by atoms with Gasteiger partial charge in [0.2, 0.25) is 0 Å². The lowest BCUT2D eigenvalue weighted by Gasteiger charge is -2.08. The van der Waals surface area contributed by atoms with Gasteiger partial charge < -0.3 is 24.5 Å². The number of hydrogen-bond donors (Lipinski definition) is 2. The van der Waals surface area contributed by atoms with Gasteiger partial charge in [0.15, 0.2) is 11.6 Å². The molecular formula is C24H24N2O4S. The average Bonchev–Trinajstić information content (AvgIpc) is 3.26. The maximum Gasteiger partial charge on any atom is 0.172 e. The molecule has 4 aromatic rings. The van der Waals surface area contributed by atoms with Crippen LogP contribution in [0.1, 0.15) is 0 Å². The highest BCUT2D eigenvalue weighted by Gasteiger charge is 2.12. The maximum absolute atomic E-state index is 5.61. The van der Waals surface area contributed by atoms with Gasteiger partial charge in [-0.05, 0) is 35.4 Å². The highest BCUT2D eigenvalue weighted by molar-refractivity contribution is 7.80. The van der Waals surface area contributed by atoms with E-state index in [4.69, 9.17) is 24.5 Å². The molecule has 0 aliphatic carbocycles. The number of nitrogens with two attached hydrogens (primary N) is 1. The van der Waals surface area contributed by atoms with Crippen molar-refractivity contribution < 1.29 is 18.7 Å². The van der Waals surface area contributed by atoms with E-state index in [1.807, 2.05) is 54.6 Å². The first-order valence-corrected chi connectivity index (χ1v) is 9.88. The highest BCUT2D eigenvalue weighted by Crippen LogP contribution is 2.35. The van der Waals surface area contributed by atoms with Gasteiger partial charge in [-0.2, -0.15) is 0 Å². The molecule has 0 unspecified atom stereocenters. The van der Waals surface area contributed by atoms with E-state index in [0.717, 1.165) is 38.8 Å². The summed E-state index contributed by atoms with van der Waals surface area (Å²) in [6.07, 6.45) is 0. The van der Waals surface area contributed by atoms with Crippen LogP contribution in [0.15, 0.2) is 82.2 Å². The number of hydrogen-bond acceptors (Lipinski definition) is 7. The van der Waals surface area contributed by atoms with Crippen molar-refractivity contribution in [1.29, 1.82) is 0 Å². The summed E-state index contributed by atoms with van der Waals surface area (Å²) in [5.74, 6) is 3.13. The van der Waals surface area contributed by atoms with Crippen molar-refractivity contribution in [3.63, 3.8) is 0 Å². The third-order valence-corrected chi connectivity index (χ3v) is 4.94. The largest absolute Gasteiger partial charge is 0.496 e. The molecule has 0 spiro atoms. The Morgan fingerprint density at radius 1 is 0.742 bits per heavy atom. The molecule has 2 N–H and O–H groups in total. The van der Waals surface area contributed by atoms with Crippen LogP contribution in [0.3, 0.4) is 0 Å². The van der Waals surface area contributed by atoms with Crippen LogP contribution in [-0.4, -0.2) is 26.5 Å². The number of aromatic nitrogens is 1. The van der Waals surface area contributed by atoms with Crippen molar-refractivity contribution in [2.45, 2.75) is 4.90 Å². The number of ether oxygens (including phenoxy) is 3. The lowest BCUT2D eigenvalue weighted by atomic mass is 10.0. The van der Waals surface area contributed by atoms with E-state index < -0.39 is 0 Å². The molecule has 0 fully saturated rings. The van der Waals surface area contributed by atoms with E-state index in [0.29, 0.717) is 11.6 Å². The number of benzene rings is 3. The van der Waals surface area contributed by atoms with E-state index in [9.17, 15) is 0 Å².